The molecule has 2 aliphatic rings. The molecular weight excluding hydrogens is 236 g/mol. The summed E-state index contributed by atoms with van der Waals surface area (Å²) in [7, 11) is 0. The van der Waals surface area contributed by atoms with E-state index in [0.29, 0.717) is 12.5 Å². The van der Waals surface area contributed by atoms with E-state index in [2.05, 4.69) is 19.2 Å². The van der Waals surface area contributed by atoms with E-state index in [9.17, 15) is 4.79 Å². The number of carbonyl (C=O) groups is 1. The van der Waals surface area contributed by atoms with Gasteiger partial charge in [-0.2, -0.15) is 0 Å². The third-order valence-electron chi connectivity index (χ3n) is 5.93. The summed E-state index contributed by atoms with van der Waals surface area (Å²) in [4.78, 5) is 12.1. The minimum absolute atomic E-state index is 0.102. The van der Waals surface area contributed by atoms with E-state index in [4.69, 9.17) is 5.73 Å². The molecule has 0 aliphatic heterocycles. The lowest BCUT2D eigenvalue weighted by Crippen LogP contribution is -2.42. The lowest BCUT2D eigenvalue weighted by atomic mass is 9.82. The maximum absolute atomic E-state index is 12.1. The lowest BCUT2D eigenvalue weighted by Gasteiger charge is -2.30. The van der Waals surface area contributed by atoms with Crippen LogP contribution in [0.5, 0.6) is 0 Å². The molecule has 3 nitrogen and oxygen atoms in total. The average molecular weight is 266 g/mol. The zero-order valence-electron chi connectivity index (χ0n) is 12.6. The van der Waals surface area contributed by atoms with Gasteiger partial charge in [0.2, 0.25) is 5.91 Å². The molecule has 2 fully saturated rings. The summed E-state index contributed by atoms with van der Waals surface area (Å²) < 4.78 is 0. The predicted molar refractivity (Wildman–Crippen MR) is 78.6 cm³/mol. The summed E-state index contributed by atoms with van der Waals surface area (Å²) in [5, 5.41) is 3.14. The Hall–Kier alpha value is -0.570. The number of amides is 1. The van der Waals surface area contributed by atoms with Crippen LogP contribution in [0.25, 0.3) is 0 Å². The zero-order chi connectivity index (χ0) is 13.9. The van der Waals surface area contributed by atoms with Crippen molar-refractivity contribution >= 4 is 5.91 Å². The second-order valence-electron chi connectivity index (χ2n) is 6.83. The maximum atomic E-state index is 12.1. The van der Waals surface area contributed by atoms with Crippen LogP contribution in [0.15, 0.2) is 0 Å². The fraction of sp³-hybridized carbons (Fsp3) is 0.938. The highest BCUT2D eigenvalue weighted by Gasteiger charge is 2.40. The fourth-order valence-electron chi connectivity index (χ4n) is 4.08. The average Bonchev–Trinajstić information content (AvgIpc) is 3.03. The van der Waals surface area contributed by atoms with Crippen LogP contribution >= 0.6 is 0 Å². The van der Waals surface area contributed by atoms with Gasteiger partial charge in [0.25, 0.3) is 0 Å². The number of nitrogens with two attached hydrogens (primary N) is 1. The number of fused-ring (bicyclic) bond motifs is 2. The molecule has 2 rings (SSSR count). The van der Waals surface area contributed by atoms with Crippen molar-refractivity contribution in [3.63, 3.8) is 0 Å². The first-order valence-corrected chi connectivity index (χ1v) is 8.09. The van der Waals surface area contributed by atoms with Gasteiger partial charge in [-0.25, -0.2) is 0 Å². The van der Waals surface area contributed by atoms with Crippen LogP contribution in [-0.2, 0) is 4.79 Å². The van der Waals surface area contributed by atoms with Gasteiger partial charge in [0.15, 0.2) is 0 Å². The monoisotopic (exact) mass is 266 g/mol. The Morgan fingerprint density at radius 2 is 2.00 bits per heavy atom. The summed E-state index contributed by atoms with van der Waals surface area (Å²) in [6, 6.07) is 0. The van der Waals surface area contributed by atoms with Gasteiger partial charge in [-0.1, -0.05) is 20.3 Å². The molecule has 3 heteroatoms. The van der Waals surface area contributed by atoms with Crippen LogP contribution < -0.4 is 11.1 Å². The molecule has 2 bridgehead atoms. The smallest absolute Gasteiger partial charge is 0.220 e. The molecule has 3 atom stereocenters. The Balaban J connectivity index is 1.75. The molecule has 0 saturated heterocycles. The quantitative estimate of drug-likeness (QED) is 0.744. The highest BCUT2D eigenvalue weighted by atomic mass is 16.1. The Morgan fingerprint density at radius 1 is 1.26 bits per heavy atom. The molecule has 0 radical (unpaired) electrons. The van der Waals surface area contributed by atoms with E-state index in [1.54, 1.807) is 0 Å². The van der Waals surface area contributed by atoms with Gasteiger partial charge in [0.05, 0.1) is 0 Å². The molecule has 2 saturated carbocycles. The van der Waals surface area contributed by atoms with Crippen molar-refractivity contribution in [1.82, 2.24) is 5.32 Å². The fourth-order valence-corrected chi connectivity index (χ4v) is 4.08. The SMILES string of the molecule is CCC(CC)(CN)CNC(=O)CC1CC2CCC1C2. The van der Waals surface area contributed by atoms with E-state index in [-0.39, 0.29) is 11.3 Å². The molecule has 3 N–H and O–H groups in total. The molecular formula is C16H30N2O. The topological polar surface area (TPSA) is 55.1 Å². The second-order valence-corrected chi connectivity index (χ2v) is 6.83. The van der Waals surface area contributed by atoms with Gasteiger partial charge in [-0.15, -0.1) is 0 Å². The number of rotatable bonds is 7. The van der Waals surface area contributed by atoms with Crippen LogP contribution in [0.3, 0.4) is 0 Å². The van der Waals surface area contributed by atoms with Crippen molar-refractivity contribution in [1.29, 1.82) is 0 Å². The van der Waals surface area contributed by atoms with Crippen molar-refractivity contribution in [2.75, 3.05) is 13.1 Å². The van der Waals surface area contributed by atoms with Crippen LogP contribution in [0, 0.1) is 23.2 Å². The molecule has 19 heavy (non-hydrogen) atoms. The standard InChI is InChI=1S/C16H30N2O/c1-3-16(4-2,10-17)11-18-15(19)9-14-8-12-5-6-13(14)7-12/h12-14H,3-11,17H2,1-2H3,(H,18,19). The third kappa shape index (κ3) is 3.31. The predicted octanol–water partition coefficient (Wildman–Crippen LogP) is 2.69. The van der Waals surface area contributed by atoms with Crippen LogP contribution in [0.2, 0.25) is 0 Å². The van der Waals surface area contributed by atoms with Gasteiger partial charge in [-0.05, 0) is 61.8 Å². The lowest BCUT2D eigenvalue weighted by molar-refractivity contribution is -0.122. The molecule has 0 spiro atoms. The van der Waals surface area contributed by atoms with Crippen LogP contribution in [0.4, 0.5) is 0 Å². The van der Waals surface area contributed by atoms with E-state index < -0.39 is 0 Å². The van der Waals surface area contributed by atoms with Crippen LogP contribution in [0.1, 0.15) is 58.8 Å². The molecule has 2 aliphatic carbocycles. The molecule has 1 amide bonds. The van der Waals surface area contributed by atoms with E-state index >= 15 is 0 Å². The normalized spacial score (nSPS) is 29.7. The Labute approximate surface area is 117 Å². The van der Waals surface area contributed by atoms with Crippen molar-refractivity contribution < 1.29 is 4.79 Å². The maximum Gasteiger partial charge on any atom is 0.220 e. The van der Waals surface area contributed by atoms with E-state index in [0.717, 1.165) is 37.6 Å². The van der Waals surface area contributed by atoms with Gasteiger partial charge in [0.1, 0.15) is 0 Å². The summed E-state index contributed by atoms with van der Waals surface area (Å²) in [6.07, 6.45) is 8.26. The highest BCUT2D eigenvalue weighted by Crippen LogP contribution is 2.49. The Bertz CT molecular complexity index is 304. The van der Waals surface area contributed by atoms with Gasteiger partial charge < -0.3 is 11.1 Å². The number of carbonyl (C=O) groups excluding carboxylic acids is 1. The van der Waals surface area contributed by atoms with Gasteiger partial charge >= 0.3 is 0 Å². The number of nitrogens with one attached hydrogen (secondary N) is 1. The van der Waals surface area contributed by atoms with Crippen molar-refractivity contribution in [2.24, 2.45) is 28.9 Å². The second kappa shape index (κ2) is 6.25. The van der Waals surface area contributed by atoms with E-state index in [1.807, 2.05) is 0 Å². The van der Waals surface area contributed by atoms with Gasteiger partial charge in [-0.3, -0.25) is 4.79 Å². The van der Waals surface area contributed by atoms with Gasteiger partial charge in [0, 0.05) is 13.0 Å². The summed E-state index contributed by atoms with van der Waals surface area (Å²) >= 11 is 0. The minimum Gasteiger partial charge on any atom is -0.355 e. The molecule has 3 unspecified atom stereocenters. The number of hydrogen-bond acceptors (Lipinski definition) is 2. The Kier molecular flexibility index (Phi) is 4.88. The van der Waals surface area contributed by atoms with Crippen molar-refractivity contribution in [2.45, 2.75) is 58.8 Å². The third-order valence-corrected chi connectivity index (χ3v) is 5.93. The van der Waals surface area contributed by atoms with Crippen LogP contribution in [-0.4, -0.2) is 19.0 Å². The summed E-state index contributed by atoms with van der Waals surface area (Å²) in [6.45, 7) is 5.74. The largest absolute Gasteiger partial charge is 0.355 e. The first-order valence-electron chi connectivity index (χ1n) is 8.09. The first-order chi connectivity index (χ1) is 9.12. The molecule has 0 heterocycles. The molecule has 0 aromatic heterocycles. The van der Waals surface area contributed by atoms with Crippen molar-refractivity contribution in [3.8, 4) is 0 Å². The minimum atomic E-state index is 0.102. The zero-order valence-corrected chi connectivity index (χ0v) is 12.6. The number of hydrogen-bond donors (Lipinski definition) is 2. The summed E-state index contributed by atoms with van der Waals surface area (Å²) in [5.74, 6) is 2.68. The molecule has 0 aromatic rings. The van der Waals surface area contributed by atoms with Crippen molar-refractivity contribution in [3.05, 3.63) is 0 Å². The molecule has 110 valence electrons. The Morgan fingerprint density at radius 3 is 2.47 bits per heavy atom. The highest BCUT2D eigenvalue weighted by molar-refractivity contribution is 5.76. The molecule has 0 aromatic carbocycles. The summed E-state index contributed by atoms with van der Waals surface area (Å²) in [5.41, 5.74) is 5.98. The van der Waals surface area contributed by atoms with E-state index in [1.165, 1.54) is 25.7 Å². The first kappa shape index (κ1) is 14.8.